The SMILES string of the molecule is Cc1ccc(NC2CCN(C(=O)C3CCc4ccccc43)CC2)nn1. The highest BCUT2D eigenvalue weighted by Gasteiger charge is 2.33. The van der Waals surface area contributed by atoms with Crippen molar-refractivity contribution in [1.29, 1.82) is 0 Å². The molecule has 130 valence electrons. The van der Waals surface area contributed by atoms with Crippen LogP contribution in [0.1, 0.15) is 42.0 Å². The van der Waals surface area contributed by atoms with Gasteiger partial charge in [0.1, 0.15) is 5.82 Å². The number of carbonyl (C=O) groups excluding carboxylic acids is 1. The fourth-order valence-corrected chi connectivity index (χ4v) is 3.96. The molecule has 1 aliphatic heterocycles. The van der Waals surface area contributed by atoms with Crippen LogP contribution in [0.25, 0.3) is 0 Å². The van der Waals surface area contributed by atoms with E-state index in [4.69, 9.17) is 0 Å². The van der Waals surface area contributed by atoms with Gasteiger partial charge < -0.3 is 10.2 Å². The molecule has 1 unspecified atom stereocenters. The summed E-state index contributed by atoms with van der Waals surface area (Å²) in [5.74, 6) is 1.18. The number of nitrogens with zero attached hydrogens (tertiary/aromatic N) is 3. The highest BCUT2D eigenvalue weighted by Crippen LogP contribution is 2.34. The first-order valence-electron chi connectivity index (χ1n) is 9.14. The lowest BCUT2D eigenvalue weighted by molar-refractivity contribution is -0.133. The molecule has 5 nitrogen and oxygen atoms in total. The number of aryl methyl sites for hydroxylation is 2. The van der Waals surface area contributed by atoms with Crippen molar-refractivity contribution in [2.75, 3.05) is 18.4 Å². The van der Waals surface area contributed by atoms with E-state index in [0.29, 0.717) is 11.9 Å². The van der Waals surface area contributed by atoms with Gasteiger partial charge in [0.2, 0.25) is 5.91 Å². The number of piperidine rings is 1. The first-order valence-corrected chi connectivity index (χ1v) is 9.14. The van der Waals surface area contributed by atoms with Crippen molar-refractivity contribution in [3.8, 4) is 0 Å². The van der Waals surface area contributed by atoms with Gasteiger partial charge in [-0.2, -0.15) is 5.10 Å². The summed E-state index contributed by atoms with van der Waals surface area (Å²) in [6, 6.07) is 12.7. The van der Waals surface area contributed by atoms with Crippen molar-refractivity contribution in [2.45, 2.75) is 44.6 Å². The summed E-state index contributed by atoms with van der Waals surface area (Å²) in [6.45, 7) is 3.56. The van der Waals surface area contributed by atoms with Crippen molar-refractivity contribution in [1.82, 2.24) is 15.1 Å². The van der Waals surface area contributed by atoms with Crippen molar-refractivity contribution >= 4 is 11.7 Å². The molecule has 1 aliphatic carbocycles. The lowest BCUT2D eigenvalue weighted by Crippen LogP contribution is -2.44. The molecule has 1 aromatic heterocycles. The van der Waals surface area contributed by atoms with Gasteiger partial charge in [-0.05, 0) is 55.9 Å². The zero-order valence-electron chi connectivity index (χ0n) is 14.6. The molecule has 25 heavy (non-hydrogen) atoms. The highest BCUT2D eigenvalue weighted by atomic mass is 16.2. The topological polar surface area (TPSA) is 58.1 Å². The molecule has 0 spiro atoms. The summed E-state index contributed by atoms with van der Waals surface area (Å²) in [5, 5.41) is 11.7. The fourth-order valence-electron chi connectivity index (χ4n) is 3.96. The average Bonchev–Trinajstić information content (AvgIpc) is 3.08. The molecule has 1 N–H and O–H groups in total. The minimum absolute atomic E-state index is 0.0590. The van der Waals surface area contributed by atoms with E-state index in [1.807, 2.05) is 30.0 Å². The average molecular weight is 336 g/mol. The van der Waals surface area contributed by atoms with Gasteiger partial charge in [0.15, 0.2) is 0 Å². The molecule has 1 atom stereocenters. The number of hydrogen-bond acceptors (Lipinski definition) is 4. The maximum absolute atomic E-state index is 12.9. The van der Waals surface area contributed by atoms with Gasteiger partial charge in [-0.15, -0.1) is 5.10 Å². The first kappa shape index (κ1) is 16.1. The Labute approximate surface area is 148 Å². The van der Waals surface area contributed by atoms with Crippen LogP contribution in [0.15, 0.2) is 36.4 Å². The van der Waals surface area contributed by atoms with Gasteiger partial charge in [-0.25, -0.2) is 0 Å². The number of anilines is 1. The number of fused-ring (bicyclic) bond motifs is 1. The summed E-state index contributed by atoms with van der Waals surface area (Å²) in [6.07, 6.45) is 3.89. The second-order valence-corrected chi connectivity index (χ2v) is 7.09. The molecule has 5 heteroatoms. The lowest BCUT2D eigenvalue weighted by Gasteiger charge is -2.34. The first-order chi connectivity index (χ1) is 12.2. The summed E-state index contributed by atoms with van der Waals surface area (Å²) in [5.41, 5.74) is 3.50. The van der Waals surface area contributed by atoms with E-state index in [0.717, 1.165) is 50.3 Å². The number of nitrogens with one attached hydrogen (secondary N) is 1. The second kappa shape index (κ2) is 6.82. The third-order valence-corrected chi connectivity index (χ3v) is 5.39. The predicted molar refractivity (Wildman–Crippen MR) is 97.5 cm³/mol. The van der Waals surface area contributed by atoms with Crippen molar-refractivity contribution in [3.63, 3.8) is 0 Å². The van der Waals surface area contributed by atoms with E-state index in [-0.39, 0.29) is 5.92 Å². The third-order valence-electron chi connectivity index (χ3n) is 5.39. The molecule has 4 rings (SSSR count). The Kier molecular flexibility index (Phi) is 4.38. The van der Waals surface area contributed by atoms with E-state index in [9.17, 15) is 4.79 Å². The van der Waals surface area contributed by atoms with Crippen LogP contribution in [0, 0.1) is 6.92 Å². The molecule has 1 fully saturated rings. The predicted octanol–water partition coefficient (Wildman–Crippen LogP) is 2.92. The van der Waals surface area contributed by atoms with Gasteiger partial charge in [0, 0.05) is 19.1 Å². The Morgan fingerprint density at radius 1 is 1.08 bits per heavy atom. The van der Waals surface area contributed by atoms with Gasteiger partial charge in [0.05, 0.1) is 11.6 Å². The van der Waals surface area contributed by atoms with Crippen LogP contribution in [0.3, 0.4) is 0 Å². The van der Waals surface area contributed by atoms with E-state index in [2.05, 4.69) is 33.7 Å². The molecule has 1 amide bonds. The minimum Gasteiger partial charge on any atom is -0.366 e. The van der Waals surface area contributed by atoms with Gasteiger partial charge in [-0.1, -0.05) is 24.3 Å². The van der Waals surface area contributed by atoms with Crippen LogP contribution in [0.4, 0.5) is 5.82 Å². The van der Waals surface area contributed by atoms with Crippen molar-refractivity contribution in [2.24, 2.45) is 0 Å². The Balaban J connectivity index is 1.34. The number of rotatable bonds is 3. The van der Waals surface area contributed by atoms with Crippen molar-refractivity contribution in [3.05, 3.63) is 53.2 Å². The van der Waals surface area contributed by atoms with Gasteiger partial charge >= 0.3 is 0 Å². The molecule has 0 radical (unpaired) electrons. The quantitative estimate of drug-likeness (QED) is 0.936. The van der Waals surface area contributed by atoms with Crippen LogP contribution >= 0.6 is 0 Å². The number of amides is 1. The second-order valence-electron chi connectivity index (χ2n) is 7.09. The molecule has 2 heterocycles. The maximum atomic E-state index is 12.9. The molecular weight excluding hydrogens is 312 g/mol. The number of carbonyl (C=O) groups is 1. The maximum Gasteiger partial charge on any atom is 0.230 e. The van der Waals surface area contributed by atoms with Crippen LogP contribution < -0.4 is 5.32 Å². The van der Waals surface area contributed by atoms with Crippen LogP contribution in [-0.2, 0) is 11.2 Å². The molecule has 0 bridgehead atoms. The fraction of sp³-hybridized carbons (Fsp3) is 0.450. The number of benzene rings is 1. The highest BCUT2D eigenvalue weighted by molar-refractivity contribution is 5.85. The monoisotopic (exact) mass is 336 g/mol. The summed E-state index contributed by atoms with van der Waals surface area (Å²) in [4.78, 5) is 15.0. The van der Waals surface area contributed by atoms with E-state index in [1.165, 1.54) is 11.1 Å². The number of aromatic nitrogens is 2. The number of likely N-dealkylation sites (tertiary alicyclic amines) is 1. The standard InChI is InChI=1S/C20H24N4O/c1-14-6-9-19(23-22-14)21-16-10-12-24(13-11-16)20(25)18-8-7-15-4-2-3-5-17(15)18/h2-6,9,16,18H,7-8,10-13H2,1H3,(H,21,23). The molecule has 1 saturated heterocycles. The Hall–Kier alpha value is -2.43. The van der Waals surface area contributed by atoms with Crippen LogP contribution in [0.5, 0.6) is 0 Å². The Morgan fingerprint density at radius 3 is 2.64 bits per heavy atom. The van der Waals surface area contributed by atoms with Crippen LogP contribution in [-0.4, -0.2) is 40.1 Å². The van der Waals surface area contributed by atoms with Gasteiger partial charge in [0.25, 0.3) is 0 Å². The largest absolute Gasteiger partial charge is 0.366 e. The normalized spacial score (nSPS) is 20.4. The molecule has 2 aliphatic rings. The van der Waals surface area contributed by atoms with Crippen molar-refractivity contribution < 1.29 is 4.79 Å². The molecule has 0 saturated carbocycles. The molecule has 1 aromatic carbocycles. The summed E-state index contributed by atoms with van der Waals surface area (Å²) < 4.78 is 0. The molecule has 2 aromatic rings. The zero-order valence-corrected chi connectivity index (χ0v) is 14.6. The smallest absolute Gasteiger partial charge is 0.230 e. The summed E-state index contributed by atoms with van der Waals surface area (Å²) in [7, 11) is 0. The number of hydrogen-bond donors (Lipinski definition) is 1. The summed E-state index contributed by atoms with van der Waals surface area (Å²) >= 11 is 0. The Bertz CT molecular complexity index is 751. The van der Waals surface area contributed by atoms with Gasteiger partial charge in [-0.3, -0.25) is 4.79 Å². The Morgan fingerprint density at radius 2 is 1.88 bits per heavy atom. The third kappa shape index (κ3) is 3.36. The lowest BCUT2D eigenvalue weighted by atomic mass is 9.97. The van der Waals surface area contributed by atoms with E-state index in [1.54, 1.807) is 0 Å². The van der Waals surface area contributed by atoms with E-state index >= 15 is 0 Å². The van der Waals surface area contributed by atoms with E-state index < -0.39 is 0 Å². The van der Waals surface area contributed by atoms with Crippen LogP contribution in [0.2, 0.25) is 0 Å². The molecular formula is C20H24N4O. The zero-order chi connectivity index (χ0) is 17.2. The minimum atomic E-state index is 0.0590.